The number of ether oxygens (including phenoxy) is 1. The molecule has 0 aromatic carbocycles. The molecule has 2 aliphatic rings. The lowest BCUT2D eigenvalue weighted by molar-refractivity contribution is -0.124. The topological polar surface area (TPSA) is 87.7 Å². The molecule has 10 heteroatoms. The van der Waals surface area contributed by atoms with Crippen LogP contribution in [0, 0.1) is 0 Å². The van der Waals surface area contributed by atoms with E-state index in [2.05, 4.69) is 15.5 Å². The Morgan fingerprint density at radius 1 is 1.24 bits per heavy atom. The molecule has 150 valence electrons. The van der Waals surface area contributed by atoms with Crippen molar-refractivity contribution in [3.05, 3.63) is 0 Å². The first kappa shape index (κ1) is 24.9. The van der Waals surface area contributed by atoms with Crippen LogP contribution < -0.4 is 10.6 Å². The number of nitrogens with zero attached hydrogens (tertiary/aromatic N) is 1. The van der Waals surface area contributed by atoms with Crippen LogP contribution in [0.5, 0.6) is 0 Å². The van der Waals surface area contributed by atoms with Crippen molar-refractivity contribution < 1.29 is 17.9 Å². The number of nitrogens with one attached hydrogen (secondary N) is 2. The van der Waals surface area contributed by atoms with E-state index in [1.165, 1.54) is 6.26 Å². The molecule has 0 spiro atoms. The molecule has 2 N–H and O–H groups in total. The summed E-state index contributed by atoms with van der Waals surface area (Å²) >= 11 is 0. The van der Waals surface area contributed by atoms with E-state index >= 15 is 0 Å². The number of amides is 1. The maximum atomic E-state index is 12.6. The average molecular weight is 420 g/mol. The average Bonchev–Trinajstić information content (AvgIpc) is 2.45. The van der Waals surface area contributed by atoms with Gasteiger partial charge < -0.3 is 15.4 Å². The van der Waals surface area contributed by atoms with Gasteiger partial charge in [-0.1, -0.05) is 0 Å². The lowest BCUT2D eigenvalue weighted by atomic mass is 9.96. The highest BCUT2D eigenvalue weighted by Crippen LogP contribution is 2.27. The number of halogens is 2. The predicted molar refractivity (Wildman–Crippen MR) is 104 cm³/mol. The van der Waals surface area contributed by atoms with Crippen LogP contribution in [0.25, 0.3) is 0 Å². The van der Waals surface area contributed by atoms with Crippen molar-refractivity contribution in [2.45, 2.75) is 37.0 Å². The van der Waals surface area contributed by atoms with Gasteiger partial charge in [0.15, 0.2) is 14.6 Å². The van der Waals surface area contributed by atoms with Gasteiger partial charge in [-0.3, -0.25) is 9.69 Å². The fourth-order valence-electron chi connectivity index (χ4n) is 3.39. The SMILES string of the molecule is CC1(C)CN(CCNC(=O)C2(S(C)(=O)=O)CCNCC2)CCO1.Cl.Cl. The number of sulfone groups is 1. The molecule has 1 amide bonds. The lowest BCUT2D eigenvalue weighted by Crippen LogP contribution is -2.58. The van der Waals surface area contributed by atoms with Gasteiger partial charge in [-0.15, -0.1) is 24.8 Å². The minimum atomic E-state index is -3.45. The molecule has 2 aliphatic heterocycles. The summed E-state index contributed by atoms with van der Waals surface area (Å²) in [5.41, 5.74) is -0.175. The molecule has 0 atom stereocenters. The normalized spacial score (nSPS) is 23.0. The minimum Gasteiger partial charge on any atom is -0.373 e. The van der Waals surface area contributed by atoms with E-state index < -0.39 is 14.6 Å². The number of hydrogen-bond acceptors (Lipinski definition) is 6. The van der Waals surface area contributed by atoms with Crippen molar-refractivity contribution >= 4 is 40.6 Å². The summed E-state index contributed by atoms with van der Waals surface area (Å²) in [7, 11) is -3.45. The second-order valence-electron chi connectivity index (χ2n) is 7.16. The van der Waals surface area contributed by atoms with Crippen molar-refractivity contribution in [1.82, 2.24) is 15.5 Å². The van der Waals surface area contributed by atoms with Crippen LogP contribution in [-0.4, -0.2) is 81.7 Å². The van der Waals surface area contributed by atoms with E-state index in [9.17, 15) is 13.2 Å². The van der Waals surface area contributed by atoms with Gasteiger partial charge in [-0.05, 0) is 39.8 Å². The van der Waals surface area contributed by atoms with E-state index in [0.717, 1.165) is 13.1 Å². The number of piperidine rings is 1. The van der Waals surface area contributed by atoms with Gasteiger partial charge in [0, 0.05) is 32.4 Å². The van der Waals surface area contributed by atoms with Gasteiger partial charge in [-0.25, -0.2) is 8.42 Å². The third kappa shape index (κ3) is 6.22. The molecule has 2 fully saturated rings. The summed E-state index contributed by atoms with van der Waals surface area (Å²) in [6.07, 6.45) is 1.84. The Kier molecular flexibility index (Phi) is 9.66. The summed E-state index contributed by atoms with van der Waals surface area (Å²) in [5.74, 6) is -0.353. The first-order valence-electron chi connectivity index (χ1n) is 8.21. The highest BCUT2D eigenvalue weighted by atomic mass is 35.5. The summed E-state index contributed by atoms with van der Waals surface area (Å²) in [6.45, 7) is 8.69. The lowest BCUT2D eigenvalue weighted by Gasteiger charge is -2.38. The molecule has 0 bridgehead atoms. The van der Waals surface area contributed by atoms with Crippen LogP contribution in [0.1, 0.15) is 26.7 Å². The molecule has 0 aliphatic carbocycles. The summed E-state index contributed by atoms with van der Waals surface area (Å²) < 4.78 is 28.8. The zero-order chi connectivity index (χ0) is 17.1. The van der Waals surface area contributed by atoms with Crippen molar-refractivity contribution in [2.75, 3.05) is 52.1 Å². The van der Waals surface area contributed by atoms with Crippen LogP contribution in [0.4, 0.5) is 0 Å². The summed E-state index contributed by atoms with van der Waals surface area (Å²) in [5, 5.41) is 5.96. The second kappa shape index (κ2) is 9.71. The molecule has 0 saturated carbocycles. The van der Waals surface area contributed by atoms with Crippen molar-refractivity contribution in [3.63, 3.8) is 0 Å². The van der Waals surface area contributed by atoms with Crippen LogP contribution in [0.15, 0.2) is 0 Å². The van der Waals surface area contributed by atoms with Gasteiger partial charge >= 0.3 is 0 Å². The standard InChI is InChI=1S/C15H29N3O4S.2ClH/c1-14(2)12-18(10-11-22-14)9-8-17-13(19)15(23(3,20)21)4-6-16-7-5-15;;/h16H,4-12H2,1-3H3,(H,17,19);2*1H. The van der Waals surface area contributed by atoms with Crippen LogP contribution >= 0.6 is 24.8 Å². The van der Waals surface area contributed by atoms with Gasteiger partial charge in [-0.2, -0.15) is 0 Å². The van der Waals surface area contributed by atoms with Crippen molar-refractivity contribution in [2.24, 2.45) is 0 Å². The first-order chi connectivity index (χ1) is 10.7. The number of hydrogen-bond donors (Lipinski definition) is 2. The third-order valence-corrected chi connectivity index (χ3v) is 6.77. The highest BCUT2D eigenvalue weighted by Gasteiger charge is 2.48. The zero-order valence-electron chi connectivity index (χ0n) is 15.2. The molecule has 2 heterocycles. The smallest absolute Gasteiger partial charge is 0.241 e. The van der Waals surface area contributed by atoms with Gasteiger partial charge in [0.25, 0.3) is 0 Å². The molecule has 0 unspecified atom stereocenters. The van der Waals surface area contributed by atoms with Crippen LogP contribution in [0.2, 0.25) is 0 Å². The second-order valence-corrected chi connectivity index (χ2v) is 9.48. The van der Waals surface area contributed by atoms with Crippen molar-refractivity contribution in [3.8, 4) is 0 Å². The predicted octanol–water partition coefficient (Wildman–Crippen LogP) is 0.224. The first-order valence-corrected chi connectivity index (χ1v) is 10.1. The van der Waals surface area contributed by atoms with Crippen LogP contribution in [-0.2, 0) is 19.4 Å². The fraction of sp³-hybridized carbons (Fsp3) is 0.933. The Morgan fingerprint density at radius 3 is 2.36 bits per heavy atom. The molecular weight excluding hydrogens is 389 g/mol. The summed E-state index contributed by atoms with van der Waals surface area (Å²) in [6, 6.07) is 0. The number of carbonyl (C=O) groups is 1. The highest BCUT2D eigenvalue weighted by molar-refractivity contribution is 7.92. The molecule has 2 rings (SSSR count). The molecule has 2 saturated heterocycles. The van der Waals surface area contributed by atoms with E-state index in [4.69, 9.17) is 4.74 Å². The Balaban J connectivity index is 0.00000288. The molecule has 0 radical (unpaired) electrons. The molecular formula is C15H31Cl2N3O4S. The van der Waals surface area contributed by atoms with Gasteiger partial charge in [0.1, 0.15) is 0 Å². The van der Waals surface area contributed by atoms with Gasteiger partial charge in [0.2, 0.25) is 5.91 Å². The van der Waals surface area contributed by atoms with E-state index in [1.807, 2.05) is 13.8 Å². The Hall–Kier alpha value is -0.120. The summed E-state index contributed by atoms with van der Waals surface area (Å²) in [4.78, 5) is 14.8. The molecule has 0 aromatic rings. The molecule has 7 nitrogen and oxygen atoms in total. The molecule has 25 heavy (non-hydrogen) atoms. The van der Waals surface area contributed by atoms with Crippen molar-refractivity contribution in [1.29, 1.82) is 0 Å². The van der Waals surface area contributed by atoms with E-state index in [1.54, 1.807) is 0 Å². The Bertz CT molecular complexity index is 537. The molecule has 0 aromatic heterocycles. The maximum Gasteiger partial charge on any atom is 0.241 e. The Labute approximate surface area is 163 Å². The third-order valence-electron chi connectivity index (χ3n) is 4.75. The zero-order valence-corrected chi connectivity index (χ0v) is 17.6. The van der Waals surface area contributed by atoms with Crippen LogP contribution in [0.3, 0.4) is 0 Å². The maximum absolute atomic E-state index is 12.6. The number of rotatable bonds is 5. The monoisotopic (exact) mass is 419 g/mol. The quantitative estimate of drug-likeness (QED) is 0.662. The van der Waals surface area contributed by atoms with Gasteiger partial charge in [0.05, 0.1) is 12.2 Å². The Morgan fingerprint density at radius 2 is 1.84 bits per heavy atom. The van der Waals surface area contributed by atoms with E-state index in [0.29, 0.717) is 45.6 Å². The fourth-order valence-corrected chi connectivity index (χ4v) is 4.75. The largest absolute Gasteiger partial charge is 0.373 e. The number of carbonyl (C=O) groups excluding carboxylic acids is 1. The number of morpholine rings is 1. The minimum absolute atomic E-state index is 0. The van der Waals surface area contributed by atoms with E-state index in [-0.39, 0.29) is 36.3 Å².